The second-order valence-electron chi connectivity index (χ2n) is 5.00. The molecule has 0 N–H and O–H groups in total. The maximum absolute atomic E-state index is 11.2. The van der Waals surface area contributed by atoms with Crippen LogP contribution in [0.4, 0.5) is 0 Å². The van der Waals surface area contributed by atoms with Gasteiger partial charge < -0.3 is 4.74 Å². The Morgan fingerprint density at radius 2 is 1.80 bits per heavy atom. The van der Waals surface area contributed by atoms with Gasteiger partial charge in [-0.3, -0.25) is 4.79 Å². The third-order valence-electron chi connectivity index (χ3n) is 3.51. The summed E-state index contributed by atoms with van der Waals surface area (Å²) in [4.78, 5) is 11.2. The predicted octanol–water partition coefficient (Wildman–Crippen LogP) is 4.51. The van der Waals surface area contributed by atoms with Crippen molar-refractivity contribution in [3.05, 3.63) is 48.0 Å². The van der Waals surface area contributed by atoms with Crippen LogP contribution in [0.3, 0.4) is 0 Å². The van der Waals surface area contributed by atoms with E-state index in [0.29, 0.717) is 13.0 Å². The molecule has 2 nitrogen and oxygen atoms in total. The minimum absolute atomic E-state index is 0.0716. The van der Waals surface area contributed by atoms with Crippen molar-refractivity contribution in [1.82, 2.24) is 0 Å². The Kier molecular flexibility index (Phi) is 5.60. The minimum Gasteiger partial charge on any atom is -0.466 e. The maximum Gasteiger partial charge on any atom is 0.305 e. The van der Waals surface area contributed by atoms with Gasteiger partial charge in [0.25, 0.3) is 0 Å². The molecule has 0 atom stereocenters. The van der Waals surface area contributed by atoms with Crippen molar-refractivity contribution in [2.45, 2.75) is 39.0 Å². The van der Waals surface area contributed by atoms with Gasteiger partial charge in [0, 0.05) is 6.42 Å². The topological polar surface area (TPSA) is 26.3 Å². The first-order valence-electron chi connectivity index (χ1n) is 7.43. The summed E-state index contributed by atoms with van der Waals surface area (Å²) in [6.07, 6.45) is 4.73. The van der Waals surface area contributed by atoms with Gasteiger partial charge in [-0.25, -0.2) is 0 Å². The third-order valence-corrected chi connectivity index (χ3v) is 3.51. The molecule has 0 spiro atoms. The first-order valence-corrected chi connectivity index (χ1v) is 7.43. The molecule has 0 saturated heterocycles. The van der Waals surface area contributed by atoms with Crippen LogP contribution in [0.25, 0.3) is 10.8 Å². The zero-order valence-corrected chi connectivity index (χ0v) is 12.1. The smallest absolute Gasteiger partial charge is 0.305 e. The first-order chi connectivity index (χ1) is 9.81. The van der Waals surface area contributed by atoms with Gasteiger partial charge in [0.2, 0.25) is 0 Å². The number of benzene rings is 2. The van der Waals surface area contributed by atoms with Crippen molar-refractivity contribution >= 4 is 16.7 Å². The summed E-state index contributed by atoms with van der Waals surface area (Å²) in [6, 6.07) is 15.0. The van der Waals surface area contributed by atoms with Gasteiger partial charge >= 0.3 is 5.97 Å². The van der Waals surface area contributed by atoms with Crippen LogP contribution in [0.15, 0.2) is 42.5 Å². The van der Waals surface area contributed by atoms with E-state index in [1.54, 1.807) is 0 Å². The fraction of sp³-hybridized carbons (Fsp3) is 0.389. The molecule has 0 bridgehead atoms. The van der Waals surface area contributed by atoms with E-state index in [-0.39, 0.29) is 5.97 Å². The number of carbonyl (C=O) groups excluding carboxylic acids is 1. The molecule has 0 radical (unpaired) electrons. The second kappa shape index (κ2) is 7.68. The molecule has 2 aromatic carbocycles. The van der Waals surface area contributed by atoms with Crippen LogP contribution in [-0.4, -0.2) is 12.6 Å². The van der Waals surface area contributed by atoms with Crippen molar-refractivity contribution in [2.24, 2.45) is 0 Å². The van der Waals surface area contributed by atoms with E-state index in [9.17, 15) is 4.79 Å². The molecule has 0 unspecified atom stereocenters. The summed E-state index contributed by atoms with van der Waals surface area (Å²) in [6.45, 7) is 2.33. The molecular formula is C18H22O2. The highest BCUT2D eigenvalue weighted by Gasteiger charge is 2.02. The van der Waals surface area contributed by atoms with E-state index in [2.05, 4.69) is 42.5 Å². The fourth-order valence-electron chi connectivity index (χ4n) is 2.51. The monoisotopic (exact) mass is 270 g/mol. The number of esters is 1. The molecule has 0 aliphatic heterocycles. The second-order valence-corrected chi connectivity index (χ2v) is 5.00. The van der Waals surface area contributed by atoms with Crippen LogP contribution in [0.1, 0.15) is 38.2 Å². The Hall–Kier alpha value is -1.83. The van der Waals surface area contributed by atoms with Gasteiger partial charge in [-0.05, 0) is 42.5 Å². The predicted molar refractivity (Wildman–Crippen MR) is 82.8 cm³/mol. The van der Waals surface area contributed by atoms with Crippen molar-refractivity contribution in [3.8, 4) is 0 Å². The number of hydrogen-bond acceptors (Lipinski definition) is 2. The minimum atomic E-state index is -0.0716. The number of unbranched alkanes of at least 4 members (excludes halogenated alkanes) is 2. The molecule has 0 heterocycles. The van der Waals surface area contributed by atoms with E-state index in [4.69, 9.17) is 4.74 Å². The number of hydrogen-bond donors (Lipinski definition) is 0. The molecular weight excluding hydrogens is 248 g/mol. The average molecular weight is 270 g/mol. The van der Waals surface area contributed by atoms with Gasteiger partial charge in [0.1, 0.15) is 0 Å². The molecule has 2 rings (SSSR count). The molecule has 0 fully saturated rings. The van der Waals surface area contributed by atoms with Crippen molar-refractivity contribution in [2.75, 3.05) is 6.61 Å². The molecule has 0 amide bonds. The van der Waals surface area contributed by atoms with Gasteiger partial charge in [-0.2, -0.15) is 0 Å². The maximum atomic E-state index is 11.2. The summed E-state index contributed by atoms with van der Waals surface area (Å²) in [5.41, 5.74) is 1.40. The lowest BCUT2D eigenvalue weighted by molar-refractivity contribution is -0.143. The van der Waals surface area contributed by atoms with Crippen LogP contribution >= 0.6 is 0 Å². The highest BCUT2D eigenvalue weighted by Crippen LogP contribution is 2.20. The van der Waals surface area contributed by atoms with E-state index in [0.717, 1.165) is 25.7 Å². The molecule has 0 saturated carbocycles. The van der Waals surface area contributed by atoms with Gasteiger partial charge in [-0.15, -0.1) is 0 Å². The number of aryl methyl sites for hydroxylation is 1. The lowest BCUT2D eigenvalue weighted by Gasteiger charge is -2.06. The van der Waals surface area contributed by atoms with Gasteiger partial charge in [0.15, 0.2) is 0 Å². The Morgan fingerprint density at radius 3 is 2.65 bits per heavy atom. The summed E-state index contributed by atoms with van der Waals surface area (Å²) in [7, 11) is 0. The van der Waals surface area contributed by atoms with E-state index in [1.165, 1.54) is 16.3 Å². The summed E-state index contributed by atoms with van der Waals surface area (Å²) >= 11 is 0. The Bertz CT molecular complexity index is 555. The van der Waals surface area contributed by atoms with E-state index in [1.807, 2.05) is 6.92 Å². The highest BCUT2D eigenvalue weighted by atomic mass is 16.5. The van der Waals surface area contributed by atoms with Crippen LogP contribution in [0.5, 0.6) is 0 Å². The molecule has 2 aromatic rings. The quantitative estimate of drug-likeness (QED) is 0.546. The average Bonchev–Trinajstić information content (AvgIpc) is 2.47. The Balaban J connectivity index is 1.80. The van der Waals surface area contributed by atoms with Crippen LogP contribution in [-0.2, 0) is 16.0 Å². The van der Waals surface area contributed by atoms with Crippen molar-refractivity contribution < 1.29 is 9.53 Å². The number of rotatable bonds is 7. The number of carbonyl (C=O) groups is 1. The molecule has 0 aliphatic rings. The van der Waals surface area contributed by atoms with Crippen molar-refractivity contribution in [3.63, 3.8) is 0 Å². The van der Waals surface area contributed by atoms with Crippen LogP contribution in [0, 0.1) is 0 Å². The van der Waals surface area contributed by atoms with Crippen LogP contribution in [0.2, 0.25) is 0 Å². The van der Waals surface area contributed by atoms with E-state index >= 15 is 0 Å². The molecule has 106 valence electrons. The number of fused-ring (bicyclic) bond motifs is 1. The normalized spacial score (nSPS) is 10.7. The zero-order chi connectivity index (χ0) is 14.2. The number of ether oxygens (including phenoxy) is 1. The standard InChI is InChI=1S/C18H22O2/c1-2-20-18(19)14-5-3-4-9-15-11-8-12-16-10-6-7-13-17(15)16/h6-8,10-13H,2-5,9,14H2,1H3. The summed E-state index contributed by atoms with van der Waals surface area (Å²) < 4.78 is 4.93. The third kappa shape index (κ3) is 4.09. The molecule has 0 aromatic heterocycles. The summed E-state index contributed by atoms with van der Waals surface area (Å²) in [5.74, 6) is -0.0716. The molecule has 2 heteroatoms. The zero-order valence-electron chi connectivity index (χ0n) is 12.1. The highest BCUT2D eigenvalue weighted by molar-refractivity contribution is 5.85. The molecule has 20 heavy (non-hydrogen) atoms. The van der Waals surface area contributed by atoms with Crippen molar-refractivity contribution in [1.29, 1.82) is 0 Å². The Morgan fingerprint density at radius 1 is 1.00 bits per heavy atom. The lowest BCUT2D eigenvalue weighted by atomic mass is 9.99. The van der Waals surface area contributed by atoms with Crippen LogP contribution < -0.4 is 0 Å². The fourth-order valence-corrected chi connectivity index (χ4v) is 2.51. The SMILES string of the molecule is CCOC(=O)CCCCCc1cccc2ccccc12. The van der Waals surface area contributed by atoms with Gasteiger partial charge in [0.05, 0.1) is 6.61 Å². The van der Waals surface area contributed by atoms with E-state index < -0.39 is 0 Å². The largest absolute Gasteiger partial charge is 0.466 e. The Labute approximate surface area is 120 Å². The first kappa shape index (κ1) is 14.6. The van der Waals surface area contributed by atoms with Gasteiger partial charge in [-0.1, -0.05) is 48.9 Å². The summed E-state index contributed by atoms with van der Waals surface area (Å²) in [5, 5.41) is 2.65. The molecule has 0 aliphatic carbocycles. The lowest BCUT2D eigenvalue weighted by Crippen LogP contribution is -2.03.